The van der Waals surface area contributed by atoms with Gasteiger partial charge in [-0.05, 0) is 143 Å². The third-order valence-corrected chi connectivity index (χ3v) is 14.1. The Balaban J connectivity index is 0.686. The Morgan fingerprint density at radius 2 is 1.54 bits per heavy atom. The Labute approximate surface area is 377 Å². The molecule has 16 nitrogen and oxygen atoms in total. The van der Waals surface area contributed by atoms with E-state index in [0.29, 0.717) is 58.4 Å². The summed E-state index contributed by atoms with van der Waals surface area (Å²) in [5, 5.41) is 8.05. The number of para-hydroxylation sites is 1. The van der Waals surface area contributed by atoms with E-state index in [0.717, 1.165) is 106 Å². The summed E-state index contributed by atoms with van der Waals surface area (Å²) in [7, 11) is 0. The van der Waals surface area contributed by atoms with Gasteiger partial charge < -0.3 is 25.2 Å². The molecule has 336 valence electrons. The van der Waals surface area contributed by atoms with Crippen molar-refractivity contribution in [3.8, 4) is 22.8 Å². The molecule has 3 aromatic carbocycles. The van der Waals surface area contributed by atoms with Crippen LogP contribution in [-0.4, -0.2) is 121 Å². The highest BCUT2D eigenvalue weighted by Gasteiger charge is 2.45. The maximum absolute atomic E-state index is 14.0. The topological polar surface area (TPSA) is 189 Å². The summed E-state index contributed by atoms with van der Waals surface area (Å²) < 4.78 is 7.96. The number of urea groups is 1. The number of likely N-dealkylation sites (tertiary alicyclic amines) is 3. The molecule has 5 aromatic rings. The minimum Gasteiger partial charge on any atom is -0.457 e. The molecule has 16 heteroatoms. The lowest BCUT2D eigenvalue weighted by Crippen LogP contribution is -2.54. The number of anilines is 1. The van der Waals surface area contributed by atoms with Gasteiger partial charge in [0.05, 0.1) is 22.6 Å². The molecular formula is C49H54N10O6. The van der Waals surface area contributed by atoms with Gasteiger partial charge in [-0.1, -0.05) is 24.3 Å². The molecule has 4 saturated heterocycles. The Morgan fingerprint density at radius 3 is 2.31 bits per heavy atom. The summed E-state index contributed by atoms with van der Waals surface area (Å²) in [6.45, 7) is 5.76. The van der Waals surface area contributed by atoms with Crippen molar-refractivity contribution in [2.24, 2.45) is 5.92 Å². The van der Waals surface area contributed by atoms with E-state index in [4.69, 9.17) is 15.6 Å². The van der Waals surface area contributed by atoms with Crippen LogP contribution in [0.25, 0.3) is 22.3 Å². The number of amides is 6. The van der Waals surface area contributed by atoms with Crippen LogP contribution in [0.5, 0.6) is 11.5 Å². The molecule has 1 unspecified atom stereocenters. The van der Waals surface area contributed by atoms with Crippen LogP contribution in [0.15, 0.2) is 79.1 Å². The highest BCUT2D eigenvalue weighted by Crippen LogP contribution is 2.37. The Morgan fingerprint density at radius 1 is 0.785 bits per heavy atom. The Hall–Kier alpha value is -6.68. The van der Waals surface area contributed by atoms with Gasteiger partial charge in [0.25, 0.3) is 11.8 Å². The van der Waals surface area contributed by atoms with Crippen molar-refractivity contribution >= 4 is 46.5 Å². The second kappa shape index (κ2) is 18.1. The summed E-state index contributed by atoms with van der Waals surface area (Å²) in [4.78, 5) is 81.2. The van der Waals surface area contributed by atoms with Gasteiger partial charge in [0.15, 0.2) is 5.65 Å². The number of carbonyl (C=O) groups is 5. The first kappa shape index (κ1) is 42.3. The van der Waals surface area contributed by atoms with Gasteiger partial charge in [-0.2, -0.15) is 5.10 Å². The van der Waals surface area contributed by atoms with Crippen LogP contribution < -0.4 is 15.8 Å². The fraction of sp³-hybridized carbons (Fsp3) is 0.429. The number of ether oxygens (including phenoxy) is 1. The molecule has 2 atom stereocenters. The molecule has 0 spiro atoms. The van der Waals surface area contributed by atoms with Crippen LogP contribution in [0.2, 0.25) is 0 Å². The third kappa shape index (κ3) is 8.54. The van der Waals surface area contributed by atoms with Gasteiger partial charge in [0.2, 0.25) is 11.8 Å². The van der Waals surface area contributed by atoms with Crippen molar-refractivity contribution in [2.45, 2.75) is 82.2 Å². The number of hydrogen-bond donors (Lipinski definition) is 2. The van der Waals surface area contributed by atoms with Crippen LogP contribution in [0.3, 0.4) is 0 Å². The molecule has 10 rings (SSSR count). The van der Waals surface area contributed by atoms with Crippen LogP contribution >= 0.6 is 0 Å². The van der Waals surface area contributed by atoms with E-state index in [1.165, 1.54) is 6.33 Å². The first-order valence-electron chi connectivity index (χ1n) is 23.1. The number of rotatable bonds is 10. The fourth-order valence-electron chi connectivity index (χ4n) is 10.5. The monoisotopic (exact) mass is 878 g/mol. The van der Waals surface area contributed by atoms with Gasteiger partial charge in [-0.15, -0.1) is 0 Å². The van der Waals surface area contributed by atoms with Crippen molar-refractivity contribution in [2.75, 3.05) is 51.5 Å². The average molecular weight is 879 g/mol. The zero-order chi connectivity index (χ0) is 44.6. The van der Waals surface area contributed by atoms with Crippen LogP contribution in [0.4, 0.5) is 10.6 Å². The van der Waals surface area contributed by atoms with Crippen LogP contribution in [0, 0.1) is 5.92 Å². The molecule has 7 heterocycles. The maximum atomic E-state index is 14.0. The number of nitrogens with one attached hydrogen (secondary N) is 1. The number of nitrogen functional groups attached to an aromatic ring is 1. The lowest BCUT2D eigenvalue weighted by atomic mass is 9.87. The first-order valence-corrected chi connectivity index (χ1v) is 23.1. The van der Waals surface area contributed by atoms with Crippen LogP contribution in [0.1, 0.15) is 102 Å². The van der Waals surface area contributed by atoms with Crippen molar-refractivity contribution in [1.82, 2.24) is 44.7 Å². The van der Waals surface area contributed by atoms with Crippen LogP contribution in [-0.2, 0) is 9.59 Å². The zero-order valence-corrected chi connectivity index (χ0v) is 36.4. The Kier molecular flexibility index (Phi) is 11.8. The van der Waals surface area contributed by atoms with Crippen molar-refractivity contribution in [1.29, 1.82) is 0 Å². The molecule has 5 aliphatic heterocycles. The van der Waals surface area contributed by atoms with Gasteiger partial charge >= 0.3 is 6.03 Å². The predicted octanol–water partition coefficient (Wildman–Crippen LogP) is 6.40. The predicted molar refractivity (Wildman–Crippen MR) is 242 cm³/mol. The number of aromatic nitrogens is 4. The summed E-state index contributed by atoms with van der Waals surface area (Å²) in [6.07, 6.45) is 9.65. The Bertz CT molecular complexity index is 2620. The van der Waals surface area contributed by atoms with Gasteiger partial charge in [-0.3, -0.25) is 29.4 Å². The number of piperidine rings is 4. The largest absolute Gasteiger partial charge is 0.457 e. The van der Waals surface area contributed by atoms with E-state index in [9.17, 15) is 24.0 Å². The molecule has 5 aliphatic rings. The normalized spacial score (nSPS) is 21.3. The number of fused-ring (bicyclic) bond motifs is 2. The number of nitrogens with zero attached hydrogens (tertiary/aromatic N) is 8. The SMILES string of the molecule is Nc1ncnc2c1c(-c1ccc(Oc3ccccc3)cc1)nn2[C@@H]1CCCN(C(=O)N2CCC(CCCN3CCC(c4ccc5c(c4)C(=O)N(C4CCC(=O)NC4=O)C5=O)CC3)CC2)C1. The summed E-state index contributed by atoms with van der Waals surface area (Å²) in [6, 6.07) is 22.0. The summed E-state index contributed by atoms with van der Waals surface area (Å²) in [5.41, 5.74) is 10.4. The van der Waals surface area contributed by atoms with E-state index in [1.807, 2.05) is 81.2 Å². The zero-order valence-electron chi connectivity index (χ0n) is 36.4. The molecule has 0 saturated carbocycles. The maximum Gasteiger partial charge on any atom is 0.320 e. The quantitative estimate of drug-likeness (QED) is 0.148. The smallest absolute Gasteiger partial charge is 0.320 e. The lowest BCUT2D eigenvalue weighted by molar-refractivity contribution is -0.136. The van der Waals surface area contributed by atoms with Gasteiger partial charge in [0, 0.05) is 38.2 Å². The molecule has 6 amide bonds. The van der Waals surface area contributed by atoms with E-state index in [-0.39, 0.29) is 36.7 Å². The third-order valence-electron chi connectivity index (χ3n) is 14.1. The number of nitrogens with two attached hydrogens (primary N) is 1. The second-order valence-electron chi connectivity index (χ2n) is 18.2. The standard InChI is InChI=1S/C49H54N10O6/c50-44-42-43(33-10-13-37(14-11-33)65-36-8-2-1-3-9-36)54-59(45(42)52-30-51-44)35-7-5-23-57(29-35)49(64)56-26-18-31(19-27-56)6-4-22-55-24-20-32(21-25-55)34-12-15-38-39(28-34)48(63)58(47(38)62)40-16-17-41(60)53-46(40)61/h1-3,8-15,28,30-32,35,40H,4-7,16-27,29H2,(H2,50,51,52)(H,53,60,61)/t35-,40?/m1/s1. The average Bonchev–Trinajstić information content (AvgIpc) is 3.85. The molecule has 65 heavy (non-hydrogen) atoms. The van der Waals surface area contributed by atoms with Gasteiger partial charge in [-0.25, -0.2) is 19.4 Å². The highest BCUT2D eigenvalue weighted by molar-refractivity contribution is 6.23. The summed E-state index contributed by atoms with van der Waals surface area (Å²) >= 11 is 0. The molecule has 4 fully saturated rings. The molecule has 0 bridgehead atoms. The first-order chi connectivity index (χ1) is 31.7. The van der Waals surface area contributed by atoms with E-state index < -0.39 is 23.8 Å². The minimum atomic E-state index is -0.962. The van der Waals surface area contributed by atoms with Crippen molar-refractivity contribution in [3.63, 3.8) is 0 Å². The van der Waals surface area contributed by atoms with E-state index in [2.05, 4.69) is 20.2 Å². The minimum absolute atomic E-state index is 0.0531. The lowest BCUT2D eigenvalue weighted by Gasteiger charge is -2.39. The van der Waals surface area contributed by atoms with Crippen molar-refractivity contribution < 1.29 is 28.7 Å². The van der Waals surface area contributed by atoms with E-state index >= 15 is 0 Å². The van der Waals surface area contributed by atoms with Gasteiger partial charge in [0.1, 0.15) is 35.4 Å². The fourth-order valence-corrected chi connectivity index (χ4v) is 10.5. The number of benzene rings is 3. The molecule has 0 aliphatic carbocycles. The highest BCUT2D eigenvalue weighted by atomic mass is 16.5. The number of carbonyl (C=O) groups excluding carboxylic acids is 5. The number of hydrogen-bond acceptors (Lipinski definition) is 11. The molecule has 2 aromatic heterocycles. The number of imide groups is 2. The second-order valence-corrected chi connectivity index (χ2v) is 18.2. The molecule has 3 N–H and O–H groups in total. The molecular weight excluding hydrogens is 825 g/mol. The van der Waals surface area contributed by atoms with E-state index in [1.54, 1.807) is 6.07 Å². The molecule has 0 radical (unpaired) electrons. The van der Waals surface area contributed by atoms with Crippen molar-refractivity contribution in [3.05, 3.63) is 95.8 Å². The summed E-state index contributed by atoms with van der Waals surface area (Å²) in [5.74, 6) is 0.808.